The predicted molar refractivity (Wildman–Crippen MR) is 121 cm³/mol. The Hall–Kier alpha value is -1.55. The van der Waals surface area contributed by atoms with Crippen LogP contribution in [0.3, 0.4) is 0 Å². The number of fused-ring (bicyclic) bond motifs is 2. The second-order valence-electron chi connectivity index (χ2n) is 6.16. The van der Waals surface area contributed by atoms with Crippen molar-refractivity contribution in [3.8, 4) is 23.0 Å². The molecular weight excluding hydrogens is 640 g/mol. The molecule has 148 valence electrons. The number of ether oxygens (including phenoxy) is 2. The highest BCUT2D eigenvalue weighted by Crippen LogP contribution is 2.60. The van der Waals surface area contributed by atoms with Gasteiger partial charge in [-0.25, -0.2) is 0 Å². The molecular formula is C20H10Br4O5. The van der Waals surface area contributed by atoms with Crippen molar-refractivity contribution >= 4 is 70.2 Å². The van der Waals surface area contributed by atoms with Gasteiger partial charge in [0, 0.05) is 5.56 Å². The van der Waals surface area contributed by atoms with E-state index in [1.54, 1.807) is 12.1 Å². The van der Waals surface area contributed by atoms with E-state index in [-0.39, 0.29) is 31.9 Å². The number of benzene rings is 3. The summed E-state index contributed by atoms with van der Waals surface area (Å²) >= 11 is 13.4. The summed E-state index contributed by atoms with van der Waals surface area (Å²) in [5.74, 6) is 0.369. The van der Waals surface area contributed by atoms with Crippen molar-refractivity contribution in [3.05, 3.63) is 77.0 Å². The lowest BCUT2D eigenvalue weighted by Crippen LogP contribution is -2.36. The third-order valence-electron chi connectivity index (χ3n) is 4.67. The SMILES string of the molecule is O=COC1(c2ccccc2)c2cc(Br)c(O)c(Br)c2Oc2c1cc(Br)c(O)c2Br. The van der Waals surface area contributed by atoms with Gasteiger partial charge in [-0.2, -0.15) is 0 Å². The summed E-state index contributed by atoms with van der Waals surface area (Å²) in [5.41, 5.74) is 0.240. The molecule has 0 bridgehead atoms. The molecule has 9 heteroatoms. The Balaban J connectivity index is 2.22. The summed E-state index contributed by atoms with van der Waals surface area (Å²) < 4.78 is 13.2. The number of halogens is 4. The molecule has 0 aromatic heterocycles. The Labute approximate surface area is 199 Å². The molecule has 29 heavy (non-hydrogen) atoms. The van der Waals surface area contributed by atoms with Crippen molar-refractivity contribution in [1.29, 1.82) is 0 Å². The van der Waals surface area contributed by atoms with Crippen LogP contribution >= 0.6 is 63.7 Å². The second-order valence-corrected chi connectivity index (χ2v) is 9.45. The molecule has 3 aromatic rings. The van der Waals surface area contributed by atoms with E-state index in [1.807, 2.05) is 30.3 Å². The Morgan fingerprint density at radius 2 is 1.34 bits per heavy atom. The minimum atomic E-state index is -1.40. The van der Waals surface area contributed by atoms with E-state index in [2.05, 4.69) is 63.7 Å². The highest BCUT2D eigenvalue weighted by atomic mass is 79.9. The largest absolute Gasteiger partial charge is 0.505 e. The first-order valence-electron chi connectivity index (χ1n) is 8.10. The lowest BCUT2D eigenvalue weighted by molar-refractivity contribution is -0.137. The van der Waals surface area contributed by atoms with Gasteiger partial charge in [0.15, 0.2) is 17.1 Å². The van der Waals surface area contributed by atoms with Crippen molar-refractivity contribution in [1.82, 2.24) is 0 Å². The fourth-order valence-electron chi connectivity index (χ4n) is 3.40. The van der Waals surface area contributed by atoms with Crippen LogP contribution in [0.4, 0.5) is 0 Å². The maximum atomic E-state index is 11.7. The first-order chi connectivity index (χ1) is 13.8. The molecule has 0 atom stereocenters. The zero-order valence-electron chi connectivity index (χ0n) is 14.2. The van der Waals surface area contributed by atoms with Crippen LogP contribution in [0.25, 0.3) is 0 Å². The fourth-order valence-corrected chi connectivity index (χ4v) is 5.81. The lowest BCUT2D eigenvalue weighted by Gasteiger charge is -2.40. The summed E-state index contributed by atoms with van der Waals surface area (Å²) in [4.78, 5) is 11.7. The van der Waals surface area contributed by atoms with E-state index in [9.17, 15) is 15.0 Å². The number of phenolic OH excluding ortho intramolecular Hbond substituents is 2. The minimum absolute atomic E-state index is 0.0716. The van der Waals surface area contributed by atoms with E-state index >= 15 is 0 Å². The average molecular weight is 650 g/mol. The van der Waals surface area contributed by atoms with Crippen molar-refractivity contribution in [2.45, 2.75) is 5.60 Å². The topological polar surface area (TPSA) is 76.0 Å². The van der Waals surface area contributed by atoms with Gasteiger partial charge in [-0.3, -0.25) is 4.79 Å². The molecule has 2 N–H and O–H groups in total. The van der Waals surface area contributed by atoms with Gasteiger partial charge in [0.2, 0.25) is 0 Å². The summed E-state index contributed by atoms with van der Waals surface area (Å²) in [6, 6.07) is 12.4. The number of hydrogen-bond donors (Lipinski definition) is 2. The molecule has 0 saturated carbocycles. The zero-order chi connectivity index (χ0) is 20.9. The van der Waals surface area contributed by atoms with E-state index in [4.69, 9.17) is 9.47 Å². The second kappa shape index (κ2) is 7.61. The zero-order valence-corrected chi connectivity index (χ0v) is 20.6. The van der Waals surface area contributed by atoms with Gasteiger partial charge in [0.05, 0.1) is 20.1 Å². The van der Waals surface area contributed by atoms with E-state index in [0.29, 0.717) is 32.1 Å². The van der Waals surface area contributed by atoms with Crippen LogP contribution < -0.4 is 4.74 Å². The lowest BCUT2D eigenvalue weighted by atomic mass is 9.77. The molecule has 0 unspecified atom stereocenters. The van der Waals surface area contributed by atoms with Gasteiger partial charge in [-0.15, -0.1) is 0 Å². The van der Waals surface area contributed by atoms with Gasteiger partial charge in [0.1, 0.15) is 20.4 Å². The minimum Gasteiger partial charge on any atom is -0.505 e. The van der Waals surface area contributed by atoms with Crippen LogP contribution in [0.15, 0.2) is 60.4 Å². The monoisotopic (exact) mass is 646 g/mol. The third kappa shape index (κ3) is 3.01. The number of carbonyl (C=O) groups excluding carboxylic acids is 1. The Bertz CT molecular complexity index is 1080. The van der Waals surface area contributed by atoms with Crippen LogP contribution in [0.1, 0.15) is 16.7 Å². The standard InChI is InChI=1S/C20H10Br4O5/c21-12-6-10-18(14(23)16(12)26)29-19-11(7-13(22)17(27)15(19)24)20(10,28-8-25)9-4-2-1-3-5-9/h1-8,26-27H. The summed E-state index contributed by atoms with van der Waals surface area (Å²) in [6.07, 6.45) is 0. The first-order valence-corrected chi connectivity index (χ1v) is 11.3. The van der Waals surface area contributed by atoms with E-state index in [1.165, 1.54) is 0 Å². The maximum absolute atomic E-state index is 11.7. The van der Waals surface area contributed by atoms with Crippen LogP contribution in [0.5, 0.6) is 23.0 Å². The highest BCUT2D eigenvalue weighted by molar-refractivity contribution is 9.11. The van der Waals surface area contributed by atoms with Crippen molar-refractivity contribution in [3.63, 3.8) is 0 Å². The molecule has 0 saturated heterocycles. The average Bonchev–Trinajstić information content (AvgIpc) is 2.72. The molecule has 0 fully saturated rings. The Morgan fingerprint density at radius 3 is 1.79 bits per heavy atom. The molecule has 0 amide bonds. The molecule has 3 aromatic carbocycles. The van der Waals surface area contributed by atoms with Gasteiger partial charge >= 0.3 is 0 Å². The number of aromatic hydroxyl groups is 2. The summed E-state index contributed by atoms with van der Waals surface area (Å²) in [5, 5.41) is 20.8. The van der Waals surface area contributed by atoms with Crippen molar-refractivity contribution < 1.29 is 24.5 Å². The summed E-state index contributed by atoms with van der Waals surface area (Å²) in [7, 11) is 0. The van der Waals surface area contributed by atoms with Crippen LogP contribution in [-0.4, -0.2) is 16.7 Å². The Kier molecular flexibility index (Phi) is 5.43. The van der Waals surface area contributed by atoms with E-state index < -0.39 is 5.60 Å². The molecule has 1 aliphatic heterocycles. The van der Waals surface area contributed by atoms with E-state index in [0.717, 1.165) is 0 Å². The number of phenols is 2. The van der Waals surface area contributed by atoms with Gasteiger partial charge < -0.3 is 19.7 Å². The van der Waals surface area contributed by atoms with Crippen LogP contribution in [0.2, 0.25) is 0 Å². The highest BCUT2D eigenvalue weighted by Gasteiger charge is 2.49. The molecule has 0 spiro atoms. The molecule has 1 aliphatic rings. The third-order valence-corrected chi connectivity index (χ3v) is 7.35. The fraction of sp³-hybridized carbons (Fsp3) is 0.0500. The smallest absolute Gasteiger partial charge is 0.294 e. The quantitative estimate of drug-likeness (QED) is 0.308. The molecule has 1 heterocycles. The summed E-state index contributed by atoms with van der Waals surface area (Å²) in [6.45, 7) is 0.370. The van der Waals surface area contributed by atoms with Gasteiger partial charge in [0.25, 0.3) is 6.47 Å². The molecule has 0 radical (unpaired) electrons. The van der Waals surface area contributed by atoms with Crippen molar-refractivity contribution in [2.24, 2.45) is 0 Å². The number of hydrogen-bond acceptors (Lipinski definition) is 5. The predicted octanol–water partition coefficient (Wildman–Crippen LogP) is 6.72. The normalized spacial score (nSPS) is 13.8. The molecule has 0 aliphatic carbocycles. The van der Waals surface area contributed by atoms with Gasteiger partial charge in [-0.1, -0.05) is 30.3 Å². The number of carbonyl (C=O) groups is 1. The first kappa shape index (κ1) is 20.7. The molecule has 5 nitrogen and oxygen atoms in total. The van der Waals surface area contributed by atoms with Crippen LogP contribution in [0, 0.1) is 0 Å². The van der Waals surface area contributed by atoms with Crippen LogP contribution in [-0.2, 0) is 15.1 Å². The number of rotatable bonds is 3. The van der Waals surface area contributed by atoms with Crippen molar-refractivity contribution in [2.75, 3.05) is 0 Å². The van der Waals surface area contributed by atoms with Gasteiger partial charge in [-0.05, 0) is 75.9 Å². The maximum Gasteiger partial charge on any atom is 0.294 e. The Morgan fingerprint density at radius 1 is 0.862 bits per heavy atom. The molecule has 4 rings (SSSR count).